The SMILES string of the molecule is O=C(Cc1noc2ccccc12)OCC(=O)N1CCOCC1. The molecule has 3 rings (SSSR count). The first-order valence-electron chi connectivity index (χ1n) is 7.08. The zero-order valence-corrected chi connectivity index (χ0v) is 12.0. The number of carbonyl (C=O) groups excluding carboxylic acids is 2. The van der Waals surface area contributed by atoms with E-state index >= 15 is 0 Å². The molecule has 0 saturated carbocycles. The van der Waals surface area contributed by atoms with Crippen molar-refractivity contribution < 1.29 is 23.6 Å². The van der Waals surface area contributed by atoms with E-state index in [0.29, 0.717) is 37.6 Å². The molecule has 0 radical (unpaired) electrons. The maximum atomic E-state index is 11.9. The van der Waals surface area contributed by atoms with E-state index in [4.69, 9.17) is 14.0 Å². The van der Waals surface area contributed by atoms with Crippen molar-refractivity contribution in [1.82, 2.24) is 10.1 Å². The Bertz CT molecular complexity index is 675. The molecule has 7 heteroatoms. The molecule has 1 amide bonds. The predicted octanol–water partition coefficient (Wildman–Crippen LogP) is 0.772. The number of para-hydroxylation sites is 1. The number of benzene rings is 1. The number of nitrogens with zero attached hydrogens (tertiary/aromatic N) is 2. The molecule has 1 aliphatic rings. The molecule has 2 heterocycles. The third-order valence-electron chi connectivity index (χ3n) is 3.48. The molecule has 1 saturated heterocycles. The zero-order valence-electron chi connectivity index (χ0n) is 12.0. The molecule has 1 aromatic carbocycles. The van der Waals surface area contributed by atoms with E-state index in [1.54, 1.807) is 11.0 Å². The number of hydrogen-bond acceptors (Lipinski definition) is 6. The van der Waals surface area contributed by atoms with E-state index in [0.717, 1.165) is 5.39 Å². The first-order valence-corrected chi connectivity index (χ1v) is 7.08. The van der Waals surface area contributed by atoms with Gasteiger partial charge in [-0.2, -0.15) is 0 Å². The maximum Gasteiger partial charge on any atom is 0.312 e. The Morgan fingerprint density at radius 3 is 2.82 bits per heavy atom. The summed E-state index contributed by atoms with van der Waals surface area (Å²) in [6, 6.07) is 7.28. The van der Waals surface area contributed by atoms with Crippen LogP contribution in [0.1, 0.15) is 5.69 Å². The van der Waals surface area contributed by atoms with E-state index in [9.17, 15) is 9.59 Å². The van der Waals surface area contributed by atoms with Crippen LogP contribution in [0.5, 0.6) is 0 Å². The van der Waals surface area contributed by atoms with Crippen LogP contribution in [0.25, 0.3) is 11.0 Å². The lowest BCUT2D eigenvalue weighted by Crippen LogP contribution is -2.42. The summed E-state index contributed by atoms with van der Waals surface area (Å²) in [4.78, 5) is 25.3. The molecule has 116 valence electrons. The number of aromatic nitrogens is 1. The number of fused-ring (bicyclic) bond motifs is 1. The van der Waals surface area contributed by atoms with Gasteiger partial charge in [-0.15, -0.1) is 0 Å². The predicted molar refractivity (Wildman–Crippen MR) is 76.1 cm³/mol. The highest BCUT2D eigenvalue weighted by Crippen LogP contribution is 2.18. The van der Waals surface area contributed by atoms with Gasteiger partial charge in [-0.1, -0.05) is 17.3 Å². The van der Waals surface area contributed by atoms with Crippen molar-refractivity contribution in [2.24, 2.45) is 0 Å². The fraction of sp³-hybridized carbons (Fsp3) is 0.400. The van der Waals surface area contributed by atoms with Crippen molar-refractivity contribution in [3.63, 3.8) is 0 Å². The first kappa shape index (κ1) is 14.5. The van der Waals surface area contributed by atoms with E-state index in [2.05, 4.69) is 5.16 Å². The second-order valence-corrected chi connectivity index (χ2v) is 4.96. The van der Waals surface area contributed by atoms with Crippen LogP contribution in [-0.2, 0) is 25.5 Å². The minimum Gasteiger partial charge on any atom is -0.455 e. The Hall–Kier alpha value is -2.41. The number of hydrogen-bond donors (Lipinski definition) is 0. The molecule has 1 aliphatic heterocycles. The highest BCUT2D eigenvalue weighted by molar-refractivity contribution is 5.85. The van der Waals surface area contributed by atoms with Crippen LogP contribution in [-0.4, -0.2) is 54.8 Å². The molecular weight excluding hydrogens is 288 g/mol. The van der Waals surface area contributed by atoms with Crippen molar-refractivity contribution in [3.8, 4) is 0 Å². The van der Waals surface area contributed by atoms with Crippen LogP contribution >= 0.6 is 0 Å². The van der Waals surface area contributed by atoms with Gasteiger partial charge in [0.25, 0.3) is 5.91 Å². The fourth-order valence-corrected chi connectivity index (χ4v) is 2.30. The summed E-state index contributed by atoms with van der Waals surface area (Å²) in [5, 5.41) is 4.64. The van der Waals surface area contributed by atoms with Crippen molar-refractivity contribution in [1.29, 1.82) is 0 Å². The largest absolute Gasteiger partial charge is 0.455 e. The lowest BCUT2D eigenvalue weighted by molar-refractivity contribution is -0.153. The zero-order chi connectivity index (χ0) is 15.4. The normalized spacial score (nSPS) is 15.0. The average molecular weight is 304 g/mol. The Morgan fingerprint density at radius 2 is 2.00 bits per heavy atom. The third kappa shape index (κ3) is 3.25. The summed E-state index contributed by atoms with van der Waals surface area (Å²) in [5.41, 5.74) is 1.13. The lowest BCUT2D eigenvalue weighted by Gasteiger charge is -2.26. The molecular formula is C15H16N2O5. The Kier molecular flexibility index (Phi) is 4.34. The van der Waals surface area contributed by atoms with Gasteiger partial charge in [0.15, 0.2) is 12.2 Å². The quantitative estimate of drug-likeness (QED) is 0.776. The van der Waals surface area contributed by atoms with Gasteiger partial charge in [-0.05, 0) is 12.1 Å². The van der Waals surface area contributed by atoms with Crippen molar-refractivity contribution >= 4 is 22.8 Å². The number of carbonyl (C=O) groups is 2. The maximum absolute atomic E-state index is 11.9. The van der Waals surface area contributed by atoms with Crippen LogP contribution in [0, 0.1) is 0 Å². The molecule has 0 atom stereocenters. The smallest absolute Gasteiger partial charge is 0.312 e. The standard InChI is InChI=1S/C15H16N2O5/c18-14(17-5-7-20-8-6-17)10-21-15(19)9-12-11-3-1-2-4-13(11)22-16-12/h1-4H,5-10H2. The summed E-state index contributed by atoms with van der Waals surface area (Å²) in [7, 11) is 0. The van der Waals surface area contributed by atoms with Gasteiger partial charge in [0.05, 0.1) is 19.6 Å². The lowest BCUT2D eigenvalue weighted by atomic mass is 10.2. The molecule has 0 N–H and O–H groups in total. The van der Waals surface area contributed by atoms with E-state index < -0.39 is 5.97 Å². The van der Waals surface area contributed by atoms with E-state index in [1.165, 1.54) is 0 Å². The number of amides is 1. The molecule has 0 aliphatic carbocycles. The Balaban J connectivity index is 1.53. The number of ether oxygens (including phenoxy) is 2. The second-order valence-electron chi connectivity index (χ2n) is 4.96. The first-order chi connectivity index (χ1) is 10.7. The highest BCUT2D eigenvalue weighted by atomic mass is 16.5. The summed E-state index contributed by atoms with van der Waals surface area (Å²) >= 11 is 0. The van der Waals surface area contributed by atoms with Crippen LogP contribution < -0.4 is 0 Å². The molecule has 0 unspecified atom stereocenters. The Morgan fingerprint density at radius 1 is 1.23 bits per heavy atom. The average Bonchev–Trinajstić information content (AvgIpc) is 2.97. The van der Waals surface area contributed by atoms with E-state index in [-0.39, 0.29) is 18.9 Å². The fourth-order valence-electron chi connectivity index (χ4n) is 2.30. The van der Waals surface area contributed by atoms with Gasteiger partial charge < -0.3 is 18.9 Å². The molecule has 7 nitrogen and oxygen atoms in total. The molecule has 0 bridgehead atoms. The highest BCUT2D eigenvalue weighted by Gasteiger charge is 2.19. The van der Waals surface area contributed by atoms with Crippen molar-refractivity contribution in [2.45, 2.75) is 6.42 Å². The summed E-state index contributed by atoms with van der Waals surface area (Å²) in [6.45, 7) is 1.85. The number of esters is 1. The molecule has 1 aromatic heterocycles. The summed E-state index contributed by atoms with van der Waals surface area (Å²) in [5.74, 6) is -0.706. The molecule has 2 aromatic rings. The second kappa shape index (κ2) is 6.57. The minimum absolute atomic E-state index is 0.0204. The van der Waals surface area contributed by atoms with Crippen LogP contribution in [0.15, 0.2) is 28.8 Å². The number of morpholine rings is 1. The monoisotopic (exact) mass is 304 g/mol. The van der Waals surface area contributed by atoms with E-state index in [1.807, 2.05) is 18.2 Å². The van der Waals surface area contributed by atoms with Gasteiger partial charge in [0.2, 0.25) is 0 Å². The van der Waals surface area contributed by atoms with Gasteiger partial charge in [-0.25, -0.2) is 0 Å². The number of rotatable bonds is 4. The Labute approximate surface area is 126 Å². The van der Waals surface area contributed by atoms with Crippen molar-refractivity contribution in [3.05, 3.63) is 30.0 Å². The van der Waals surface area contributed by atoms with Gasteiger partial charge in [-0.3, -0.25) is 9.59 Å². The minimum atomic E-state index is -0.499. The van der Waals surface area contributed by atoms with Crippen LogP contribution in [0.2, 0.25) is 0 Å². The third-order valence-corrected chi connectivity index (χ3v) is 3.48. The molecule has 1 fully saturated rings. The van der Waals surface area contributed by atoms with Gasteiger partial charge in [0, 0.05) is 18.5 Å². The molecule has 22 heavy (non-hydrogen) atoms. The van der Waals surface area contributed by atoms with Gasteiger partial charge in [0.1, 0.15) is 5.69 Å². The summed E-state index contributed by atoms with van der Waals surface area (Å²) < 4.78 is 15.3. The summed E-state index contributed by atoms with van der Waals surface area (Å²) in [6.07, 6.45) is -0.0204. The van der Waals surface area contributed by atoms with Crippen LogP contribution in [0.4, 0.5) is 0 Å². The van der Waals surface area contributed by atoms with Crippen molar-refractivity contribution in [2.75, 3.05) is 32.9 Å². The topological polar surface area (TPSA) is 81.9 Å². The van der Waals surface area contributed by atoms with Crippen LogP contribution in [0.3, 0.4) is 0 Å². The van der Waals surface area contributed by atoms with Gasteiger partial charge >= 0.3 is 5.97 Å². The molecule has 0 spiro atoms.